The number of benzene rings is 8. The van der Waals surface area contributed by atoms with Crippen LogP contribution < -0.4 is 0 Å². The van der Waals surface area contributed by atoms with Crippen molar-refractivity contribution < 1.29 is 4.42 Å². The van der Waals surface area contributed by atoms with Gasteiger partial charge in [0.15, 0.2) is 11.4 Å². The van der Waals surface area contributed by atoms with E-state index >= 15 is 0 Å². The predicted octanol–water partition coefficient (Wildman–Crippen LogP) is 13.0. The van der Waals surface area contributed by atoms with Gasteiger partial charge in [0.05, 0.1) is 38.5 Å². The maximum absolute atomic E-state index is 6.60. The van der Waals surface area contributed by atoms with E-state index in [4.69, 9.17) is 19.4 Å². The molecule has 0 saturated heterocycles. The van der Waals surface area contributed by atoms with Crippen LogP contribution in [0.5, 0.6) is 0 Å². The first-order valence-corrected chi connectivity index (χ1v) is 19.2. The van der Waals surface area contributed by atoms with Crippen LogP contribution in [0.3, 0.4) is 0 Å². The highest BCUT2D eigenvalue weighted by atomic mass is 16.3. The fraction of sp³-hybridized carbons (Fsp3) is 0. The van der Waals surface area contributed by atoms with Gasteiger partial charge in [0, 0.05) is 43.4 Å². The molecule has 5 heterocycles. The summed E-state index contributed by atoms with van der Waals surface area (Å²) in [5.41, 5.74) is 12.4. The molecule has 0 radical (unpaired) electrons. The number of aromatic nitrogens is 5. The topological polar surface area (TPSA) is 61.2 Å². The summed E-state index contributed by atoms with van der Waals surface area (Å²) in [5, 5.41) is 7.83. The molecular weight excluding hydrogens is 699 g/mol. The Hall–Kier alpha value is -7.83. The number of hydrogen-bond donors (Lipinski definition) is 0. The van der Waals surface area contributed by atoms with Crippen LogP contribution >= 0.6 is 0 Å². The zero-order valence-corrected chi connectivity index (χ0v) is 30.4. The molecule has 6 nitrogen and oxygen atoms in total. The lowest BCUT2D eigenvalue weighted by Gasteiger charge is -2.13. The van der Waals surface area contributed by atoms with Crippen LogP contribution in [0.4, 0.5) is 0 Å². The lowest BCUT2D eigenvalue weighted by Crippen LogP contribution is -2.02. The Kier molecular flexibility index (Phi) is 6.07. The van der Waals surface area contributed by atoms with Crippen LogP contribution in [0.25, 0.3) is 122 Å². The average Bonchev–Trinajstić information content (AvgIpc) is 4.03. The van der Waals surface area contributed by atoms with E-state index in [1.54, 1.807) is 0 Å². The van der Waals surface area contributed by atoms with E-state index in [1.807, 2.05) is 30.3 Å². The first-order valence-electron chi connectivity index (χ1n) is 19.2. The third kappa shape index (κ3) is 4.26. The number of oxazole rings is 1. The van der Waals surface area contributed by atoms with E-state index < -0.39 is 0 Å². The first-order chi connectivity index (χ1) is 28.3. The lowest BCUT2D eigenvalue weighted by atomic mass is 10.0. The molecule has 0 amide bonds. The third-order valence-electron chi connectivity index (χ3n) is 11.7. The van der Waals surface area contributed by atoms with Crippen LogP contribution in [-0.2, 0) is 0 Å². The minimum atomic E-state index is 0.619. The van der Waals surface area contributed by atoms with Gasteiger partial charge in [-0.15, -0.1) is 0 Å². The van der Waals surface area contributed by atoms with Crippen molar-refractivity contribution in [2.24, 2.45) is 0 Å². The van der Waals surface area contributed by atoms with E-state index in [0.717, 1.165) is 88.1 Å². The number of rotatable bonds is 4. The number of nitrogens with zero attached hydrogens (tertiary/aromatic N) is 5. The van der Waals surface area contributed by atoms with Crippen molar-refractivity contribution in [1.82, 2.24) is 23.9 Å². The van der Waals surface area contributed by atoms with Gasteiger partial charge >= 0.3 is 0 Å². The van der Waals surface area contributed by atoms with Crippen molar-refractivity contribution >= 4 is 81.9 Å². The van der Waals surface area contributed by atoms with Crippen LogP contribution in [0.2, 0.25) is 0 Å². The minimum absolute atomic E-state index is 0.619. The largest absolute Gasteiger partial charge is 0.435 e. The molecule has 0 aliphatic carbocycles. The van der Waals surface area contributed by atoms with Gasteiger partial charge in [-0.1, -0.05) is 103 Å². The molecular formula is C51H29N5O. The molecule has 6 heteroatoms. The zero-order valence-electron chi connectivity index (χ0n) is 30.4. The average molecular weight is 728 g/mol. The van der Waals surface area contributed by atoms with Gasteiger partial charge in [-0.2, -0.15) is 0 Å². The molecule has 0 spiro atoms. The second-order valence-electron chi connectivity index (χ2n) is 14.8. The van der Waals surface area contributed by atoms with Gasteiger partial charge in [-0.3, -0.25) is 4.57 Å². The summed E-state index contributed by atoms with van der Waals surface area (Å²) in [4.78, 5) is 15.7. The van der Waals surface area contributed by atoms with Gasteiger partial charge in [0.25, 0.3) is 0 Å². The van der Waals surface area contributed by atoms with Crippen LogP contribution in [-0.4, -0.2) is 23.9 Å². The Bertz CT molecular complexity index is 3750. The molecule has 0 bridgehead atoms. The molecule has 0 atom stereocenters. The van der Waals surface area contributed by atoms with Gasteiger partial charge in [0.1, 0.15) is 11.3 Å². The summed E-state index contributed by atoms with van der Waals surface area (Å²) in [6, 6.07) is 61.8. The number of para-hydroxylation sites is 3. The minimum Gasteiger partial charge on any atom is -0.435 e. The monoisotopic (exact) mass is 727 g/mol. The summed E-state index contributed by atoms with van der Waals surface area (Å²) in [6.07, 6.45) is 0. The van der Waals surface area contributed by atoms with Crippen LogP contribution in [0.1, 0.15) is 0 Å². The summed E-state index contributed by atoms with van der Waals surface area (Å²) in [5.74, 6) is 2.14. The maximum atomic E-state index is 6.60. The molecule has 13 aromatic rings. The Morgan fingerprint density at radius 1 is 0.386 bits per heavy atom. The highest BCUT2D eigenvalue weighted by Crippen LogP contribution is 2.45. The SMILES string of the molecule is c1ccc(-c2ccc3c(c2)c2ccccc2n3-c2nc(-c3ccc4c(c3)c3cc5nc(-c6ccccc6)oc5c5c6ccccc6n4c35)nc3ccccc23)cc1. The van der Waals surface area contributed by atoms with Crippen molar-refractivity contribution in [3.63, 3.8) is 0 Å². The lowest BCUT2D eigenvalue weighted by molar-refractivity contribution is 0.623. The Morgan fingerprint density at radius 2 is 1.00 bits per heavy atom. The Morgan fingerprint density at radius 3 is 1.84 bits per heavy atom. The second kappa shape index (κ2) is 11.4. The Labute approximate surface area is 324 Å². The molecule has 0 aliphatic heterocycles. The first kappa shape index (κ1) is 30.5. The molecule has 13 rings (SSSR count). The van der Waals surface area contributed by atoms with Gasteiger partial charge < -0.3 is 8.82 Å². The molecule has 57 heavy (non-hydrogen) atoms. The van der Waals surface area contributed by atoms with E-state index in [2.05, 4.69) is 155 Å². The maximum Gasteiger partial charge on any atom is 0.227 e. The number of fused-ring (bicyclic) bond motifs is 12. The molecule has 8 aromatic carbocycles. The Balaban J connectivity index is 1.06. The summed E-state index contributed by atoms with van der Waals surface area (Å²) >= 11 is 0. The molecule has 264 valence electrons. The van der Waals surface area contributed by atoms with E-state index in [0.29, 0.717) is 11.7 Å². The molecule has 0 unspecified atom stereocenters. The van der Waals surface area contributed by atoms with Crippen molar-refractivity contribution in [3.05, 3.63) is 176 Å². The van der Waals surface area contributed by atoms with Gasteiger partial charge in [0.2, 0.25) is 5.89 Å². The quantitative estimate of drug-likeness (QED) is 0.181. The fourth-order valence-corrected chi connectivity index (χ4v) is 9.16. The van der Waals surface area contributed by atoms with Crippen LogP contribution in [0, 0.1) is 0 Å². The van der Waals surface area contributed by atoms with Crippen molar-refractivity contribution in [2.75, 3.05) is 0 Å². The van der Waals surface area contributed by atoms with Crippen molar-refractivity contribution in [2.45, 2.75) is 0 Å². The molecule has 0 N–H and O–H groups in total. The normalized spacial score (nSPS) is 12.2. The highest BCUT2D eigenvalue weighted by molar-refractivity contribution is 6.30. The third-order valence-corrected chi connectivity index (χ3v) is 11.7. The van der Waals surface area contributed by atoms with Gasteiger partial charge in [-0.05, 0) is 83.9 Å². The fourth-order valence-electron chi connectivity index (χ4n) is 9.16. The smallest absolute Gasteiger partial charge is 0.227 e. The number of hydrogen-bond acceptors (Lipinski definition) is 4. The summed E-state index contributed by atoms with van der Waals surface area (Å²) in [6.45, 7) is 0. The van der Waals surface area contributed by atoms with E-state index in [-0.39, 0.29) is 0 Å². The molecule has 0 fully saturated rings. The summed E-state index contributed by atoms with van der Waals surface area (Å²) in [7, 11) is 0. The standard InChI is InChI=1S/C51H29N5O/c1-3-13-30(14-4-1)32-23-25-45-37(27-32)34-17-8-11-21-42(34)56(45)50-35-18-7-10-20-40(35)52-49(54-50)33-24-26-44-38(28-33)39-29-41-48(57-51(53-41)31-15-5-2-6-16-31)46-36-19-9-12-22-43(36)55(44)47(39)46/h1-29H. The van der Waals surface area contributed by atoms with Crippen molar-refractivity contribution in [1.29, 1.82) is 0 Å². The zero-order chi connectivity index (χ0) is 37.2. The molecule has 5 aromatic heterocycles. The van der Waals surface area contributed by atoms with E-state index in [9.17, 15) is 0 Å². The molecule has 0 aliphatic rings. The molecule has 0 saturated carbocycles. The van der Waals surface area contributed by atoms with Gasteiger partial charge in [-0.25, -0.2) is 15.0 Å². The van der Waals surface area contributed by atoms with E-state index in [1.165, 1.54) is 21.9 Å². The second-order valence-corrected chi connectivity index (χ2v) is 14.8. The highest BCUT2D eigenvalue weighted by Gasteiger charge is 2.24. The van der Waals surface area contributed by atoms with Crippen LogP contribution in [0.15, 0.2) is 180 Å². The van der Waals surface area contributed by atoms with Crippen molar-refractivity contribution in [3.8, 4) is 39.8 Å². The predicted molar refractivity (Wildman–Crippen MR) is 232 cm³/mol. The summed E-state index contributed by atoms with van der Waals surface area (Å²) < 4.78 is 11.3.